The van der Waals surface area contributed by atoms with Crippen molar-refractivity contribution < 1.29 is 4.79 Å². The summed E-state index contributed by atoms with van der Waals surface area (Å²) in [5.74, 6) is -0.223. The van der Waals surface area contributed by atoms with Crippen LogP contribution in [0.4, 0.5) is 5.69 Å². The summed E-state index contributed by atoms with van der Waals surface area (Å²) >= 11 is 3.15. The summed E-state index contributed by atoms with van der Waals surface area (Å²) in [4.78, 5) is 37.5. The molecule has 0 radical (unpaired) electrons. The third-order valence-electron chi connectivity index (χ3n) is 5.93. The van der Waals surface area contributed by atoms with Crippen LogP contribution in [0.2, 0.25) is 0 Å². The van der Waals surface area contributed by atoms with Gasteiger partial charge < -0.3 is 5.32 Å². The van der Waals surface area contributed by atoms with E-state index >= 15 is 0 Å². The van der Waals surface area contributed by atoms with Crippen LogP contribution in [0.3, 0.4) is 0 Å². The van der Waals surface area contributed by atoms with Gasteiger partial charge in [-0.05, 0) is 50.8 Å². The molecule has 1 N–H and O–H groups in total. The van der Waals surface area contributed by atoms with Gasteiger partial charge in [-0.25, -0.2) is 14.6 Å². The van der Waals surface area contributed by atoms with Gasteiger partial charge in [-0.15, -0.1) is 11.3 Å². The van der Waals surface area contributed by atoms with E-state index in [1.54, 1.807) is 27.0 Å². The molecule has 0 saturated carbocycles. The van der Waals surface area contributed by atoms with E-state index in [-0.39, 0.29) is 11.5 Å². The summed E-state index contributed by atoms with van der Waals surface area (Å²) in [5.41, 5.74) is 2.84. The minimum Gasteiger partial charge on any atom is -0.319 e. The normalized spacial score (nSPS) is 14.0. The first-order chi connectivity index (χ1) is 15.5. The van der Waals surface area contributed by atoms with E-state index in [2.05, 4.69) is 15.3 Å². The van der Waals surface area contributed by atoms with Gasteiger partial charge >= 0.3 is 0 Å². The average molecular weight is 466 g/mol. The molecule has 32 heavy (non-hydrogen) atoms. The molecule has 1 aliphatic rings. The van der Waals surface area contributed by atoms with Gasteiger partial charge in [0.15, 0.2) is 0 Å². The van der Waals surface area contributed by atoms with Crippen molar-refractivity contribution in [1.82, 2.24) is 19.3 Å². The molecule has 1 aliphatic carbocycles. The van der Waals surface area contributed by atoms with Gasteiger partial charge in [0.1, 0.15) is 21.9 Å². The average Bonchev–Trinajstić information content (AvgIpc) is 3.43. The van der Waals surface area contributed by atoms with Gasteiger partial charge in [-0.3, -0.25) is 14.3 Å². The minimum absolute atomic E-state index is 0.223. The maximum atomic E-state index is 13.1. The maximum Gasteiger partial charge on any atom is 0.295 e. The lowest BCUT2D eigenvalue weighted by atomic mass is 10.2. The van der Waals surface area contributed by atoms with Crippen LogP contribution in [0.25, 0.3) is 15.9 Å². The number of fused-ring (bicyclic) bond motifs is 3. The molecule has 9 heteroatoms. The molecule has 0 aliphatic heterocycles. The van der Waals surface area contributed by atoms with Crippen molar-refractivity contribution >= 4 is 44.9 Å². The van der Waals surface area contributed by atoms with Crippen LogP contribution in [-0.2, 0) is 24.7 Å². The number of carbonyl (C=O) groups is 1. The van der Waals surface area contributed by atoms with Crippen LogP contribution >= 0.6 is 23.1 Å². The van der Waals surface area contributed by atoms with Gasteiger partial charge in [-0.2, -0.15) is 0 Å². The number of hydrogen-bond acceptors (Lipinski definition) is 6. The Labute approximate surface area is 193 Å². The Balaban J connectivity index is 1.41. The molecule has 0 unspecified atom stereocenters. The number of hydrogen-bond donors (Lipinski definition) is 1. The number of carbonyl (C=O) groups excluding carboxylic acids is 1. The van der Waals surface area contributed by atoms with E-state index in [9.17, 15) is 9.59 Å². The van der Waals surface area contributed by atoms with Crippen LogP contribution < -0.4 is 10.9 Å². The number of aryl methyl sites for hydroxylation is 2. The molecule has 164 valence electrons. The number of thiophene rings is 1. The molecule has 0 saturated heterocycles. The second-order valence-electron chi connectivity index (χ2n) is 7.90. The Hall–Kier alpha value is -2.91. The fourth-order valence-electron chi connectivity index (χ4n) is 4.15. The Kier molecular flexibility index (Phi) is 5.38. The number of para-hydroxylation sites is 1. The third kappa shape index (κ3) is 3.45. The van der Waals surface area contributed by atoms with E-state index in [0.29, 0.717) is 11.4 Å². The molecule has 0 spiro atoms. The SMILES string of the molecule is Cc1c(NC(=O)[C@@H](C)Sc2ncnc3sc4c(c23)CCC4)c(=O)n(-c2ccccc2)n1C. The van der Waals surface area contributed by atoms with Gasteiger partial charge in [0.05, 0.1) is 16.6 Å². The predicted molar refractivity (Wildman–Crippen MR) is 129 cm³/mol. The highest BCUT2D eigenvalue weighted by molar-refractivity contribution is 8.00. The summed E-state index contributed by atoms with van der Waals surface area (Å²) in [6.07, 6.45) is 4.87. The van der Waals surface area contributed by atoms with E-state index in [4.69, 9.17) is 0 Å². The summed E-state index contributed by atoms with van der Waals surface area (Å²) in [6.45, 7) is 3.67. The number of nitrogens with one attached hydrogen (secondary N) is 1. The molecule has 4 aromatic rings. The molecule has 0 bridgehead atoms. The molecule has 7 nitrogen and oxygen atoms in total. The second kappa shape index (κ2) is 8.22. The fourth-order valence-corrected chi connectivity index (χ4v) is 6.39. The molecule has 1 amide bonds. The van der Waals surface area contributed by atoms with Crippen molar-refractivity contribution in [3.8, 4) is 5.69 Å². The van der Waals surface area contributed by atoms with E-state index < -0.39 is 5.25 Å². The van der Waals surface area contributed by atoms with Gasteiger partial charge in [0.25, 0.3) is 5.56 Å². The highest BCUT2D eigenvalue weighted by atomic mass is 32.2. The molecule has 3 heterocycles. The summed E-state index contributed by atoms with van der Waals surface area (Å²) in [5, 5.41) is 4.38. The fraction of sp³-hybridized carbons (Fsp3) is 0.304. The Bertz CT molecular complexity index is 1390. The van der Waals surface area contributed by atoms with Crippen LogP contribution in [0.15, 0.2) is 46.5 Å². The Morgan fingerprint density at radius 2 is 2.00 bits per heavy atom. The number of thioether (sulfide) groups is 1. The molecule has 5 rings (SSSR count). The largest absolute Gasteiger partial charge is 0.319 e. The number of benzene rings is 1. The maximum absolute atomic E-state index is 13.1. The van der Waals surface area contributed by atoms with Crippen molar-refractivity contribution in [2.75, 3.05) is 5.32 Å². The standard InChI is InChI=1S/C23H23N5O2S2/c1-13-19(23(30)28(27(13)3)15-8-5-4-6-9-15)26-20(29)14(2)31-21-18-16-10-7-11-17(16)32-22(18)25-12-24-21/h4-6,8-9,12,14H,7,10-11H2,1-3H3,(H,26,29)/t14-/m1/s1. The summed E-state index contributed by atoms with van der Waals surface area (Å²) in [6, 6.07) is 9.39. The van der Waals surface area contributed by atoms with E-state index in [1.165, 1.54) is 22.2 Å². The lowest BCUT2D eigenvalue weighted by Crippen LogP contribution is -2.27. The van der Waals surface area contributed by atoms with Crippen LogP contribution in [0, 0.1) is 6.92 Å². The summed E-state index contributed by atoms with van der Waals surface area (Å²) < 4.78 is 3.32. The number of anilines is 1. The zero-order valence-corrected chi connectivity index (χ0v) is 19.7. The van der Waals surface area contributed by atoms with Crippen molar-refractivity contribution in [3.63, 3.8) is 0 Å². The Morgan fingerprint density at radius 1 is 1.22 bits per heavy atom. The number of amides is 1. The van der Waals surface area contributed by atoms with Crippen molar-refractivity contribution in [1.29, 1.82) is 0 Å². The molecule has 1 aromatic carbocycles. The van der Waals surface area contributed by atoms with Crippen LogP contribution in [0.5, 0.6) is 0 Å². The topological polar surface area (TPSA) is 81.8 Å². The molecule has 1 atom stereocenters. The molecular weight excluding hydrogens is 442 g/mol. The van der Waals surface area contributed by atoms with E-state index in [0.717, 1.165) is 40.2 Å². The number of nitrogens with zero attached hydrogens (tertiary/aromatic N) is 4. The highest BCUT2D eigenvalue weighted by Gasteiger charge is 2.25. The van der Waals surface area contributed by atoms with Gasteiger partial charge in [0.2, 0.25) is 5.91 Å². The predicted octanol–water partition coefficient (Wildman–Crippen LogP) is 4.10. The van der Waals surface area contributed by atoms with Crippen LogP contribution in [-0.4, -0.2) is 30.5 Å². The minimum atomic E-state index is -0.422. The van der Waals surface area contributed by atoms with Gasteiger partial charge in [-0.1, -0.05) is 30.0 Å². The molecule has 0 fully saturated rings. The lowest BCUT2D eigenvalue weighted by Gasteiger charge is -2.12. The first-order valence-electron chi connectivity index (χ1n) is 10.5. The van der Waals surface area contributed by atoms with Crippen LogP contribution in [0.1, 0.15) is 29.5 Å². The first-order valence-corrected chi connectivity index (χ1v) is 12.2. The second-order valence-corrected chi connectivity index (χ2v) is 10.3. The van der Waals surface area contributed by atoms with Crippen molar-refractivity contribution in [2.24, 2.45) is 7.05 Å². The Morgan fingerprint density at radius 3 is 2.78 bits per heavy atom. The van der Waals surface area contributed by atoms with Crippen molar-refractivity contribution in [2.45, 2.75) is 43.4 Å². The third-order valence-corrected chi connectivity index (χ3v) is 8.23. The molecular formula is C23H23N5O2S2. The van der Waals surface area contributed by atoms with E-state index in [1.807, 2.05) is 51.2 Å². The summed E-state index contributed by atoms with van der Waals surface area (Å²) in [7, 11) is 1.81. The van der Waals surface area contributed by atoms with Gasteiger partial charge in [0, 0.05) is 17.3 Å². The lowest BCUT2D eigenvalue weighted by molar-refractivity contribution is -0.115. The first kappa shape index (κ1) is 21.0. The zero-order chi connectivity index (χ0) is 22.4. The quantitative estimate of drug-likeness (QED) is 0.355. The highest BCUT2D eigenvalue weighted by Crippen LogP contribution is 2.40. The monoisotopic (exact) mass is 465 g/mol. The smallest absolute Gasteiger partial charge is 0.295 e. The number of aromatic nitrogens is 4. The zero-order valence-electron chi connectivity index (χ0n) is 18.1. The molecule has 3 aromatic heterocycles. The van der Waals surface area contributed by atoms with Crippen molar-refractivity contribution in [3.05, 3.63) is 63.1 Å². The number of rotatable bonds is 5.